The van der Waals surface area contributed by atoms with E-state index in [4.69, 9.17) is 11.6 Å². The monoisotopic (exact) mass is 358 g/mol. The molecule has 0 radical (unpaired) electrons. The van der Waals surface area contributed by atoms with Crippen molar-refractivity contribution in [3.05, 3.63) is 34.9 Å². The maximum Gasteiger partial charge on any atom is 0.223 e. The Morgan fingerprint density at radius 1 is 1.43 bits per heavy atom. The molecule has 5 heteroatoms. The zero-order chi connectivity index (χ0) is 16.1. The summed E-state index contributed by atoms with van der Waals surface area (Å²) < 4.78 is 0. The Balaban J connectivity index is 0.00000264. The second kappa shape index (κ2) is 9.51. The molecular formula is C18H28Cl2N2O. The molecule has 3 atom stereocenters. The lowest BCUT2D eigenvalue weighted by molar-refractivity contribution is -0.133. The van der Waals surface area contributed by atoms with Gasteiger partial charge < -0.3 is 10.2 Å². The third-order valence-electron chi connectivity index (χ3n) is 4.94. The van der Waals surface area contributed by atoms with Gasteiger partial charge in [-0.2, -0.15) is 0 Å². The van der Waals surface area contributed by atoms with Gasteiger partial charge in [-0.15, -0.1) is 12.4 Å². The molecule has 0 bridgehead atoms. The van der Waals surface area contributed by atoms with Crippen LogP contribution in [0.25, 0.3) is 0 Å². The molecule has 3 nitrogen and oxygen atoms in total. The Morgan fingerprint density at radius 3 is 2.78 bits per heavy atom. The van der Waals surface area contributed by atoms with Crippen molar-refractivity contribution < 1.29 is 4.79 Å². The molecule has 1 amide bonds. The van der Waals surface area contributed by atoms with E-state index >= 15 is 0 Å². The van der Waals surface area contributed by atoms with Crippen molar-refractivity contribution in [1.29, 1.82) is 0 Å². The number of halogens is 2. The first-order valence-electron chi connectivity index (χ1n) is 8.21. The molecule has 0 aliphatic carbocycles. The van der Waals surface area contributed by atoms with Gasteiger partial charge in [0.1, 0.15) is 0 Å². The molecule has 1 aliphatic heterocycles. The highest BCUT2D eigenvalue weighted by atomic mass is 35.5. The van der Waals surface area contributed by atoms with Gasteiger partial charge >= 0.3 is 0 Å². The van der Waals surface area contributed by atoms with Crippen LogP contribution in [0.15, 0.2) is 24.3 Å². The van der Waals surface area contributed by atoms with E-state index in [1.54, 1.807) is 0 Å². The van der Waals surface area contributed by atoms with Crippen LogP contribution in [0, 0.1) is 11.8 Å². The Hall–Kier alpha value is -0.770. The highest BCUT2D eigenvalue weighted by Gasteiger charge is 2.25. The maximum atomic E-state index is 12.6. The third kappa shape index (κ3) is 5.66. The number of hydrogen-bond donors (Lipinski definition) is 1. The smallest absolute Gasteiger partial charge is 0.223 e. The number of carbonyl (C=O) groups is 1. The van der Waals surface area contributed by atoms with Crippen molar-refractivity contribution in [3.8, 4) is 0 Å². The van der Waals surface area contributed by atoms with Crippen LogP contribution in [0.2, 0.25) is 5.02 Å². The second-order valence-electron chi connectivity index (χ2n) is 6.52. The molecule has 0 saturated carbocycles. The number of piperidine rings is 1. The summed E-state index contributed by atoms with van der Waals surface area (Å²) in [4.78, 5) is 14.4. The normalized spacial score (nSPS) is 20.3. The Labute approximate surface area is 151 Å². The number of hydrogen-bond acceptors (Lipinski definition) is 2. The fourth-order valence-corrected chi connectivity index (χ4v) is 3.36. The zero-order valence-electron chi connectivity index (χ0n) is 14.2. The average molecular weight is 359 g/mol. The molecule has 130 valence electrons. The summed E-state index contributed by atoms with van der Waals surface area (Å²) in [6, 6.07) is 7.79. The van der Waals surface area contributed by atoms with Crippen LogP contribution in [-0.4, -0.2) is 30.9 Å². The molecule has 1 saturated heterocycles. The van der Waals surface area contributed by atoms with Gasteiger partial charge in [-0.3, -0.25) is 4.79 Å². The van der Waals surface area contributed by atoms with Crippen molar-refractivity contribution in [3.63, 3.8) is 0 Å². The predicted octanol–water partition coefficient (Wildman–Crippen LogP) is 4.31. The Bertz CT molecular complexity index is 504. The molecule has 1 fully saturated rings. The topological polar surface area (TPSA) is 32.3 Å². The van der Waals surface area contributed by atoms with E-state index in [2.05, 4.69) is 19.2 Å². The zero-order valence-corrected chi connectivity index (χ0v) is 15.8. The molecule has 2 rings (SSSR count). The van der Waals surface area contributed by atoms with Crippen molar-refractivity contribution in [1.82, 2.24) is 10.2 Å². The van der Waals surface area contributed by atoms with Crippen molar-refractivity contribution in [2.24, 2.45) is 11.8 Å². The second-order valence-corrected chi connectivity index (χ2v) is 6.96. The van der Waals surface area contributed by atoms with E-state index in [0.717, 1.165) is 18.7 Å². The quantitative estimate of drug-likeness (QED) is 0.850. The summed E-state index contributed by atoms with van der Waals surface area (Å²) in [5.74, 6) is 1.26. The molecule has 0 spiro atoms. The van der Waals surface area contributed by atoms with E-state index in [9.17, 15) is 4.79 Å². The highest BCUT2D eigenvalue weighted by molar-refractivity contribution is 6.30. The fraction of sp³-hybridized carbons (Fsp3) is 0.611. The Kier molecular flexibility index (Phi) is 8.38. The predicted molar refractivity (Wildman–Crippen MR) is 99.3 cm³/mol. The standard InChI is InChI=1S/C18H27ClN2O.ClH/c1-13(16-7-5-9-20-12-16)10-18(22)21(3)14(2)15-6-4-8-17(19)11-15;/h4,6,8,11,13-14,16,20H,5,7,9-10,12H2,1-3H3;1H. The summed E-state index contributed by atoms with van der Waals surface area (Å²) in [5, 5.41) is 4.15. The van der Waals surface area contributed by atoms with Crippen molar-refractivity contribution in [2.75, 3.05) is 20.1 Å². The number of rotatable bonds is 5. The third-order valence-corrected chi connectivity index (χ3v) is 5.18. The van der Waals surface area contributed by atoms with Crippen LogP contribution in [0.3, 0.4) is 0 Å². The van der Waals surface area contributed by atoms with E-state index in [0.29, 0.717) is 23.3 Å². The van der Waals surface area contributed by atoms with Gasteiger partial charge in [-0.05, 0) is 62.4 Å². The Morgan fingerprint density at radius 2 is 2.17 bits per heavy atom. The van der Waals surface area contributed by atoms with Crippen LogP contribution in [-0.2, 0) is 4.79 Å². The summed E-state index contributed by atoms with van der Waals surface area (Å²) >= 11 is 6.05. The fourth-order valence-electron chi connectivity index (χ4n) is 3.16. The molecule has 3 unspecified atom stereocenters. The van der Waals surface area contributed by atoms with Gasteiger partial charge in [-0.25, -0.2) is 0 Å². The number of nitrogens with one attached hydrogen (secondary N) is 1. The van der Waals surface area contributed by atoms with Crippen LogP contribution < -0.4 is 5.32 Å². The van der Waals surface area contributed by atoms with Gasteiger partial charge in [0.05, 0.1) is 6.04 Å². The minimum Gasteiger partial charge on any atom is -0.339 e. The minimum absolute atomic E-state index is 0. The van der Waals surface area contributed by atoms with E-state index < -0.39 is 0 Å². The lowest BCUT2D eigenvalue weighted by atomic mass is 9.85. The van der Waals surface area contributed by atoms with Gasteiger partial charge in [0.15, 0.2) is 0 Å². The summed E-state index contributed by atoms with van der Waals surface area (Å²) in [6.45, 7) is 6.41. The van der Waals surface area contributed by atoms with Crippen LogP contribution in [0.4, 0.5) is 0 Å². The number of nitrogens with zero attached hydrogens (tertiary/aromatic N) is 1. The largest absolute Gasteiger partial charge is 0.339 e. The first-order valence-corrected chi connectivity index (χ1v) is 8.58. The van der Waals surface area contributed by atoms with Gasteiger partial charge in [0, 0.05) is 18.5 Å². The van der Waals surface area contributed by atoms with E-state index in [1.165, 1.54) is 12.8 Å². The molecule has 1 aromatic carbocycles. The van der Waals surface area contributed by atoms with Gasteiger partial charge in [0.2, 0.25) is 5.91 Å². The van der Waals surface area contributed by atoms with Gasteiger partial charge in [-0.1, -0.05) is 30.7 Å². The van der Waals surface area contributed by atoms with Crippen LogP contribution in [0.5, 0.6) is 0 Å². The molecule has 0 aromatic heterocycles. The first-order chi connectivity index (χ1) is 10.5. The molecule has 1 aliphatic rings. The summed E-state index contributed by atoms with van der Waals surface area (Å²) in [7, 11) is 1.89. The number of benzene rings is 1. The first kappa shape index (κ1) is 20.3. The SMILES string of the molecule is CC(CC(=O)N(C)C(C)c1cccc(Cl)c1)C1CCCNC1.Cl. The molecular weight excluding hydrogens is 331 g/mol. The van der Waals surface area contributed by atoms with Crippen molar-refractivity contribution >= 4 is 29.9 Å². The minimum atomic E-state index is 0. The van der Waals surface area contributed by atoms with E-state index in [-0.39, 0.29) is 24.4 Å². The molecule has 1 aromatic rings. The molecule has 1 heterocycles. The number of carbonyl (C=O) groups excluding carboxylic acids is 1. The summed E-state index contributed by atoms with van der Waals surface area (Å²) in [6.07, 6.45) is 3.07. The maximum absolute atomic E-state index is 12.6. The lowest BCUT2D eigenvalue weighted by Gasteiger charge is -2.31. The van der Waals surface area contributed by atoms with Crippen LogP contribution in [0.1, 0.15) is 44.7 Å². The van der Waals surface area contributed by atoms with Crippen molar-refractivity contribution in [2.45, 2.75) is 39.2 Å². The average Bonchev–Trinajstić information content (AvgIpc) is 2.54. The van der Waals surface area contributed by atoms with Crippen LogP contribution >= 0.6 is 24.0 Å². The number of amides is 1. The highest BCUT2D eigenvalue weighted by Crippen LogP contribution is 2.26. The molecule has 23 heavy (non-hydrogen) atoms. The lowest BCUT2D eigenvalue weighted by Crippen LogP contribution is -2.36. The van der Waals surface area contributed by atoms with E-state index in [1.807, 2.05) is 36.2 Å². The summed E-state index contributed by atoms with van der Waals surface area (Å²) in [5.41, 5.74) is 1.08. The molecule has 1 N–H and O–H groups in total. The van der Waals surface area contributed by atoms with Gasteiger partial charge in [0.25, 0.3) is 0 Å².